The Kier molecular flexibility index (Phi) is 6.87. The molecule has 0 radical (unpaired) electrons. The van der Waals surface area contributed by atoms with Gasteiger partial charge in [-0.25, -0.2) is 13.2 Å². The number of halogens is 1. The molecule has 1 fully saturated rings. The van der Waals surface area contributed by atoms with Crippen LogP contribution in [0, 0.1) is 0 Å². The van der Waals surface area contributed by atoms with Crippen LogP contribution in [0.25, 0.3) is 11.1 Å². The normalized spacial score (nSPS) is 18.3. The van der Waals surface area contributed by atoms with Gasteiger partial charge in [0.1, 0.15) is 5.54 Å². The first-order chi connectivity index (χ1) is 16.6. The molecule has 4 rings (SSSR count). The van der Waals surface area contributed by atoms with E-state index in [4.69, 9.17) is 11.6 Å². The van der Waals surface area contributed by atoms with Crippen molar-refractivity contribution in [3.05, 3.63) is 77.8 Å². The predicted octanol–water partition coefficient (Wildman–Crippen LogP) is 5.12. The number of amides is 3. The van der Waals surface area contributed by atoms with Gasteiger partial charge in [-0.15, -0.1) is 0 Å². The van der Waals surface area contributed by atoms with Crippen LogP contribution in [0.5, 0.6) is 0 Å². The topological polar surface area (TPSA) is 95.6 Å². The Morgan fingerprint density at radius 3 is 2.31 bits per heavy atom. The monoisotopic (exact) mass is 511 g/mol. The Labute approximate surface area is 210 Å². The van der Waals surface area contributed by atoms with Gasteiger partial charge >= 0.3 is 6.03 Å². The third-order valence-corrected chi connectivity index (χ3v) is 7.45. The van der Waals surface area contributed by atoms with Gasteiger partial charge in [0.2, 0.25) is 0 Å². The molecule has 1 atom stereocenters. The molecule has 1 aliphatic rings. The molecule has 0 aliphatic carbocycles. The molecule has 9 heteroatoms. The number of hydrogen-bond donors (Lipinski definition) is 2. The number of nitrogens with zero attached hydrogens (tertiary/aromatic N) is 1. The summed E-state index contributed by atoms with van der Waals surface area (Å²) in [5.74, 6) is -0.209. The molecule has 1 aliphatic heterocycles. The molecule has 0 saturated carbocycles. The maximum absolute atomic E-state index is 13.4. The quantitative estimate of drug-likeness (QED) is 0.497. The maximum Gasteiger partial charge on any atom is 0.320 e. The summed E-state index contributed by atoms with van der Waals surface area (Å²) in [5.41, 5.74) is 1.53. The summed E-state index contributed by atoms with van der Waals surface area (Å²) in [6, 6.07) is 20.3. The summed E-state index contributed by atoms with van der Waals surface area (Å²) in [5, 5.41) is 6.12. The average molecular weight is 512 g/mol. The van der Waals surface area contributed by atoms with Gasteiger partial charge in [-0.2, -0.15) is 0 Å². The Bertz CT molecular complexity index is 1360. The maximum atomic E-state index is 13.4. The van der Waals surface area contributed by atoms with Crippen molar-refractivity contribution in [3.63, 3.8) is 0 Å². The van der Waals surface area contributed by atoms with E-state index in [1.165, 1.54) is 6.26 Å². The molecule has 35 heavy (non-hydrogen) atoms. The molecule has 0 unspecified atom stereocenters. The molecule has 3 aromatic carbocycles. The zero-order chi connectivity index (χ0) is 25.2. The number of piperidine rings is 1. The van der Waals surface area contributed by atoms with E-state index < -0.39 is 21.4 Å². The highest BCUT2D eigenvalue weighted by atomic mass is 35.5. The number of nitrogens with one attached hydrogen (secondary N) is 2. The Morgan fingerprint density at radius 2 is 1.66 bits per heavy atom. The van der Waals surface area contributed by atoms with Crippen LogP contribution >= 0.6 is 11.6 Å². The summed E-state index contributed by atoms with van der Waals surface area (Å²) in [7, 11) is -3.39. The third-order valence-electron chi connectivity index (χ3n) is 6.04. The van der Waals surface area contributed by atoms with Gasteiger partial charge in [0.25, 0.3) is 5.91 Å². The number of carbonyl (C=O) groups is 2. The molecule has 1 heterocycles. The first-order valence-electron chi connectivity index (χ1n) is 11.1. The van der Waals surface area contributed by atoms with Crippen molar-refractivity contribution in [2.45, 2.75) is 30.2 Å². The number of urea groups is 1. The van der Waals surface area contributed by atoms with Crippen LogP contribution in [0.3, 0.4) is 0 Å². The molecule has 0 bridgehead atoms. The number of carbonyl (C=O) groups excluding carboxylic acids is 2. The molecule has 3 amide bonds. The van der Waals surface area contributed by atoms with E-state index in [2.05, 4.69) is 10.6 Å². The summed E-state index contributed by atoms with van der Waals surface area (Å²) >= 11 is 5.89. The summed E-state index contributed by atoms with van der Waals surface area (Å²) in [6.07, 6.45) is 2.40. The Morgan fingerprint density at radius 1 is 1.00 bits per heavy atom. The third kappa shape index (κ3) is 5.49. The highest BCUT2D eigenvalue weighted by Gasteiger charge is 2.41. The lowest BCUT2D eigenvalue weighted by atomic mass is 9.89. The van der Waals surface area contributed by atoms with E-state index in [-0.39, 0.29) is 10.8 Å². The zero-order valence-corrected chi connectivity index (χ0v) is 21.0. The van der Waals surface area contributed by atoms with E-state index in [0.717, 1.165) is 5.56 Å². The fraction of sp³-hybridized carbons (Fsp3) is 0.231. The number of hydrogen-bond acceptors (Lipinski definition) is 4. The number of anilines is 2. The summed E-state index contributed by atoms with van der Waals surface area (Å²) in [4.78, 5) is 27.9. The highest BCUT2D eigenvalue weighted by Crippen LogP contribution is 2.32. The summed E-state index contributed by atoms with van der Waals surface area (Å²) in [6.45, 7) is 2.24. The molecule has 2 N–H and O–H groups in total. The van der Waals surface area contributed by atoms with Crippen molar-refractivity contribution >= 4 is 44.8 Å². The standard InChI is InChI=1S/C26H26ClN3O4S/c1-26(29-25(32)28-20-12-10-19(27)11-13-20)16-5-17-30(24(26)31)21-14-8-18(9-15-21)22-6-3-4-7-23(22)35(2,33)34/h3-4,6-15H,5,16-17H2,1-2H3,(H2,28,29,32)/t26-/m0/s1. The smallest absolute Gasteiger partial charge is 0.320 e. The Balaban J connectivity index is 1.51. The van der Waals surface area contributed by atoms with E-state index in [1.54, 1.807) is 84.6 Å². The van der Waals surface area contributed by atoms with E-state index in [0.29, 0.717) is 41.3 Å². The molecule has 7 nitrogen and oxygen atoms in total. The molecule has 0 spiro atoms. The zero-order valence-electron chi connectivity index (χ0n) is 19.4. The van der Waals surface area contributed by atoms with E-state index in [1.807, 2.05) is 0 Å². The van der Waals surface area contributed by atoms with E-state index >= 15 is 0 Å². The molecule has 1 saturated heterocycles. The van der Waals surface area contributed by atoms with Crippen molar-refractivity contribution < 1.29 is 18.0 Å². The largest absolute Gasteiger partial charge is 0.324 e. The van der Waals surface area contributed by atoms with Crippen LogP contribution in [0.4, 0.5) is 16.2 Å². The van der Waals surface area contributed by atoms with Crippen LogP contribution in [0.1, 0.15) is 19.8 Å². The van der Waals surface area contributed by atoms with Crippen LogP contribution in [-0.4, -0.2) is 38.7 Å². The van der Waals surface area contributed by atoms with Gasteiger partial charge in [0.15, 0.2) is 9.84 Å². The molecular weight excluding hydrogens is 486 g/mol. The summed E-state index contributed by atoms with van der Waals surface area (Å²) < 4.78 is 24.4. The van der Waals surface area contributed by atoms with Gasteiger partial charge < -0.3 is 15.5 Å². The van der Waals surface area contributed by atoms with Gasteiger partial charge in [-0.1, -0.05) is 41.9 Å². The van der Waals surface area contributed by atoms with E-state index in [9.17, 15) is 18.0 Å². The van der Waals surface area contributed by atoms with Gasteiger partial charge in [-0.3, -0.25) is 4.79 Å². The lowest BCUT2D eigenvalue weighted by molar-refractivity contribution is -0.125. The van der Waals surface area contributed by atoms with Crippen LogP contribution in [0.15, 0.2) is 77.7 Å². The first-order valence-corrected chi connectivity index (χ1v) is 13.4. The fourth-order valence-electron chi connectivity index (χ4n) is 4.25. The van der Waals surface area contributed by atoms with Crippen molar-refractivity contribution in [2.75, 3.05) is 23.0 Å². The minimum Gasteiger partial charge on any atom is -0.324 e. The molecule has 0 aromatic heterocycles. The second-order valence-electron chi connectivity index (χ2n) is 8.79. The molecular formula is C26H26ClN3O4S. The van der Waals surface area contributed by atoms with Crippen molar-refractivity contribution in [2.24, 2.45) is 0 Å². The lowest BCUT2D eigenvalue weighted by Gasteiger charge is -2.39. The van der Waals surface area contributed by atoms with Gasteiger partial charge in [0.05, 0.1) is 4.90 Å². The number of rotatable bonds is 5. The number of benzene rings is 3. The Hall–Kier alpha value is -3.36. The van der Waals surface area contributed by atoms with Crippen molar-refractivity contribution in [1.29, 1.82) is 0 Å². The second-order valence-corrected chi connectivity index (χ2v) is 11.2. The second kappa shape index (κ2) is 9.71. The predicted molar refractivity (Wildman–Crippen MR) is 139 cm³/mol. The fourth-order valence-corrected chi connectivity index (χ4v) is 5.29. The van der Waals surface area contributed by atoms with Crippen LogP contribution < -0.4 is 15.5 Å². The SMILES string of the molecule is C[C@]1(NC(=O)Nc2ccc(Cl)cc2)CCCN(c2ccc(-c3ccccc3S(C)(=O)=O)cc2)C1=O. The van der Waals surface area contributed by atoms with Crippen molar-refractivity contribution in [1.82, 2.24) is 5.32 Å². The molecule has 182 valence electrons. The van der Waals surface area contributed by atoms with Gasteiger partial charge in [0, 0.05) is 34.8 Å². The first kappa shape index (κ1) is 24.8. The minimum atomic E-state index is -3.39. The average Bonchev–Trinajstić information content (AvgIpc) is 2.82. The van der Waals surface area contributed by atoms with Gasteiger partial charge in [-0.05, 0) is 67.8 Å². The number of sulfone groups is 1. The van der Waals surface area contributed by atoms with Crippen molar-refractivity contribution in [3.8, 4) is 11.1 Å². The highest BCUT2D eigenvalue weighted by molar-refractivity contribution is 7.90. The molecule has 3 aromatic rings. The lowest BCUT2D eigenvalue weighted by Crippen LogP contribution is -2.61. The van der Waals surface area contributed by atoms with Crippen LogP contribution in [0.2, 0.25) is 5.02 Å². The minimum absolute atomic E-state index is 0.209. The van der Waals surface area contributed by atoms with Crippen LogP contribution in [-0.2, 0) is 14.6 Å².